The van der Waals surface area contributed by atoms with Crippen LogP contribution in [0.25, 0.3) is 0 Å². The van der Waals surface area contributed by atoms with E-state index < -0.39 is 0 Å². The summed E-state index contributed by atoms with van der Waals surface area (Å²) in [5, 5.41) is 13.5. The van der Waals surface area contributed by atoms with Gasteiger partial charge < -0.3 is 9.94 Å². The summed E-state index contributed by atoms with van der Waals surface area (Å²) < 4.78 is 5.95. The molecular weight excluding hydrogens is 297 g/mol. The van der Waals surface area contributed by atoms with Crippen molar-refractivity contribution in [2.45, 2.75) is 12.5 Å². The molecule has 5 heteroatoms. The molecule has 0 saturated heterocycles. The molecule has 0 amide bonds. The highest BCUT2D eigenvalue weighted by molar-refractivity contribution is 6.36. The van der Waals surface area contributed by atoms with Crippen molar-refractivity contribution in [1.29, 1.82) is 0 Å². The van der Waals surface area contributed by atoms with Gasteiger partial charge in [0.15, 0.2) is 0 Å². The van der Waals surface area contributed by atoms with Gasteiger partial charge in [0.25, 0.3) is 0 Å². The SMILES string of the molecule is O/N=C1/C[C@H](c2ccccc2)Oc2c(Cl)cc(Cl)cc21. The second-order valence-electron chi connectivity index (χ2n) is 4.53. The number of hydrogen-bond donors (Lipinski definition) is 1. The molecule has 1 atom stereocenters. The summed E-state index contributed by atoms with van der Waals surface area (Å²) in [4.78, 5) is 0. The van der Waals surface area contributed by atoms with E-state index in [1.165, 1.54) is 0 Å². The summed E-state index contributed by atoms with van der Waals surface area (Å²) in [6.45, 7) is 0. The quantitative estimate of drug-likeness (QED) is 0.613. The van der Waals surface area contributed by atoms with Crippen molar-refractivity contribution in [3.05, 3.63) is 63.6 Å². The molecule has 1 heterocycles. The lowest BCUT2D eigenvalue weighted by Gasteiger charge is -2.27. The van der Waals surface area contributed by atoms with E-state index >= 15 is 0 Å². The monoisotopic (exact) mass is 307 g/mol. The van der Waals surface area contributed by atoms with Crippen molar-refractivity contribution in [1.82, 2.24) is 0 Å². The molecule has 0 spiro atoms. The molecular formula is C15H11Cl2NO2. The average Bonchev–Trinajstić information content (AvgIpc) is 2.47. The van der Waals surface area contributed by atoms with E-state index in [-0.39, 0.29) is 6.10 Å². The van der Waals surface area contributed by atoms with Crippen molar-refractivity contribution >= 4 is 28.9 Å². The number of hydrogen-bond acceptors (Lipinski definition) is 3. The molecule has 0 unspecified atom stereocenters. The molecule has 3 nitrogen and oxygen atoms in total. The Labute approximate surface area is 126 Å². The zero-order valence-corrected chi connectivity index (χ0v) is 11.9. The van der Waals surface area contributed by atoms with Gasteiger partial charge in [-0.25, -0.2) is 0 Å². The maximum absolute atomic E-state index is 9.23. The maximum Gasteiger partial charge on any atom is 0.148 e. The smallest absolute Gasteiger partial charge is 0.148 e. The van der Waals surface area contributed by atoms with E-state index in [4.69, 9.17) is 27.9 Å². The Morgan fingerprint density at radius 1 is 1.15 bits per heavy atom. The van der Waals surface area contributed by atoms with Crippen LogP contribution in [0.2, 0.25) is 10.0 Å². The van der Waals surface area contributed by atoms with Gasteiger partial charge in [-0.3, -0.25) is 0 Å². The fourth-order valence-electron chi connectivity index (χ4n) is 2.31. The van der Waals surface area contributed by atoms with Crippen LogP contribution in [0.5, 0.6) is 5.75 Å². The zero-order valence-electron chi connectivity index (χ0n) is 10.4. The first-order valence-corrected chi connectivity index (χ1v) is 6.86. The number of rotatable bonds is 1. The van der Waals surface area contributed by atoms with Crippen LogP contribution in [0.15, 0.2) is 47.6 Å². The average molecular weight is 308 g/mol. The van der Waals surface area contributed by atoms with Crippen molar-refractivity contribution in [2.24, 2.45) is 5.16 Å². The van der Waals surface area contributed by atoms with Crippen LogP contribution in [0, 0.1) is 0 Å². The Morgan fingerprint density at radius 2 is 1.90 bits per heavy atom. The molecule has 0 aliphatic carbocycles. The van der Waals surface area contributed by atoms with Gasteiger partial charge >= 0.3 is 0 Å². The molecule has 3 rings (SSSR count). The van der Waals surface area contributed by atoms with Crippen LogP contribution in [0.4, 0.5) is 0 Å². The van der Waals surface area contributed by atoms with E-state index in [0.717, 1.165) is 5.56 Å². The second-order valence-corrected chi connectivity index (χ2v) is 5.38. The van der Waals surface area contributed by atoms with E-state index in [1.807, 2.05) is 30.3 Å². The molecule has 2 aromatic rings. The topological polar surface area (TPSA) is 41.8 Å². The van der Waals surface area contributed by atoms with Crippen molar-refractivity contribution in [3.63, 3.8) is 0 Å². The maximum atomic E-state index is 9.23. The Kier molecular flexibility index (Phi) is 3.55. The normalized spacial score (nSPS) is 19.5. The summed E-state index contributed by atoms with van der Waals surface area (Å²) in [5.74, 6) is 0.504. The number of ether oxygens (including phenoxy) is 1. The van der Waals surface area contributed by atoms with Crippen molar-refractivity contribution < 1.29 is 9.94 Å². The zero-order chi connectivity index (χ0) is 14.1. The van der Waals surface area contributed by atoms with Crippen molar-refractivity contribution in [2.75, 3.05) is 0 Å². The molecule has 0 fully saturated rings. The molecule has 1 aliphatic heterocycles. The number of fused-ring (bicyclic) bond motifs is 1. The molecule has 102 valence electrons. The van der Waals surface area contributed by atoms with Gasteiger partial charge in [-0.15, -0.1) is 0 Å². The molecule has 1 aliphatic rings. The highest BCUT2D eigenvalue weighted by Crippen LogP contribution is 2.41. The molecule has 1 N–H and O–H groups in total. The van der Waals surface area contributed by atoms with E-state index in [9.17, 15) is 5.21 Å². The van der Waals surface area contributed by atoms with Crippen LogP contribution in [-0.4, -0.2) is 10.9 Å². The highest BCUT2D eigenvalue weighted by atomic mass is 35.5. The Bertz CT molecular complexity index is 671. The van der Waals surface area contributed by atoms with Gasteiger partial charge in [0.1, 0.15) is 11.9 Å². The molecule has 20 heavy (non-hydrogen) atoms. The number of oxime groups is 1. The minimum atomic E-state index is -0.228. The predicted molar refractivity (Wildman–Crippen MR) is 79.2 cm³/mol. The molecule has 0 saturated carbocycles. The third-order valence-corrected chi connectivity index (χ3v) is 3.75. The minimum Gasteiger partial charge on any atom is -0.483 e. The summed E-state index contributed by atoms with van der Waals surface area (Å²) in [6.07, 6.45) is 0.234. The predicted octanol–water partition coefficient (Wildman–Crippen LogP) is 4.70. The number of nitrogens with zero attached hydrogens (tertiary/aromatic N) is 1. The van der Waals surface area contributed by atoms with Crippen LogP contribution in [0.1, 0.15) is 23.7 Å². The third kappa shape index (κ3) is 2.35. The standard InChI is InChI=1S/C15H11Cl2NO2/c16-10-6-11-13(18-19)8-14(9-4-2-1-3-5-9)20-15(11)12(17)7-10/h1-7,14,19H,8H2/b18-13-/t14-/m1/s1. The van der Waals surface area contributed by atoms with Crippen LogP contribution in [-0.2, 0) is 0 Å². The fraction of sp³-hybridized carbons (Fsp3) is 0.133. The Hall–Kier alpha value is -1.71. The lowest BCUT2D eigenvalue weighted by Crippen LogP contribution is -2.21. The van der Waals surface area contributed by atoms with Gasteiger partial charge in [-0.1, -0.05) is 58.7 Å². The molecule has 0 bridgehead atoms. The first-order chi connectivity index (χ1) is 9.69. The van der Waals surface area contributed by atoms with Crippen LogP contribution in [0.3, 0.4) is 0 Å². The van der Waals surface area contributed by atoms with Gasteiger partial charge in [0, 0.05) is 17.0 Å². The fourth-order valence-corrected chi connectivity index (χ4v) is 2.85. The first-order valence-electron chi connectivity index (χ1n) is 6.11. The summed E-state index contributed by atoms with van der Waals surface area (Å²) in [6, 6.07) is 13.1. The summed E-state index contributed by atoms with van der Waals surface area (Å²) >= 11 is 12.2. The van der Waals surface area contributed by atoms with Gasteiger partial charge in [0.2, 0.25) is 0 Å². The first kappa shape index (κ1) is 13.3. The number of benzene rings is 2. The Balaban J connectivity index is 2.07. The summed E-state index contributed by atoms with van der Waals surface area (Å²) in [7, 11) is 0. The van der Waals surface area contributed by atoms with Crippen molar-refractivity contribution in [3.8, 4) is 5.75 Å². The molecule has 0 radical (unpaired) electrons. The third-order valence-electron chi connectivity index (χ3n) is 3.25. The van der Waals surface area contributed by atoms with Gasteiger partial charge in [-0.2, -0.15) is 0 Å². The van der Waals surface area contributed by atoms with Gasteiger partial charge in [-0.05, 0) is 17.7 Å². The number of halogens is 2. The lowest BCUT2D eigenvalue weighted by molar-refractivity contribution is 0.203. The second kappa shape index (κ2) is 5.35. The minimum absolute atomic E-state index is 0.228. The van der Waals surface area contributed by atoms with E-state index in [0.29, 0.717) is 33.5 Å². The van der Waals surface area contributed by atoms with Gasteiger partial charge in [0.05, 0.1) is 10.7 Å². The molecule has 0 aromatic heterocycles. The van der Waals surface area contributed by atoms with Crippen LogP contribution >= 0.6 is 23.2 Å². The lowest BCUT2D eigenvalue weighted by atomic mass is 9.95. The Morgan fingerprint density at radius 3 is 2.60 bits per heavy atom. The van der Waals surface area contributed by atoms with E-state index in [2.05, 4.69) is 5.16 Å². The largest absolute Gasteiger partial charge is 0.483 e. The highest BCUT2D eigenvalue weighted by Gasteiger charge is 2.28. The molecule has 2 aromatic carbocycles. The van der Waals surface area contributed by atoms with Crippen LogP contribution < -0.4 is 4.74 Å². The summed E-state index contributed by atoms with van der Waals surface area (Å²) in [5.41, 5.74) is 2.16. The van der Waals surface area contributed by atoms with E-state index in [1.54, 1.807) is 12.1 Å².